The Morgan fingerprint density at radius 1 is 1.18 bits per heavy atom. The largest absolute Gasteiger partial charge is 0.497 e. The Morgan fingerprint density at radius 3 is 2.64 bits per heavy atom. The van der Waals surface area contributed by atoms with Crippen LogP contribution in [0.4, 0.5) is 5.69 Å². The van der Waals surface area contributed by atoms with E-state index in [2.05, 4.69) is 5.32 Å². The first-order valence-corrected chi connectivity index (χ1v) is 10.2. The summed E-state index contributed by atoms with van der Waals surface area (Å²) in [5, 5.41) is 13.5. The molecule has 0 atom stereocenters. The zero-order valence-corrected chi connectivity index (χ0v) is 17.9. The lowest BCUT2D eigenvalue weighted by Crippen LogP contribution is -2.30. The third-order valence-electron chi connectivity index (χ3n) is 4.88. The predicted molar refractivity (Wildman–Crippen MR) is 117 cm³/mol. The van der Waals surface area contributed by atoms with Crippen molar-refractivity contribution in [1.29, 1.82) is 0 Å². The van der Waals surface area contributed by atoms with E-state index >= 15 is 0 Å². The molecule has 0 unspecified atom stereocenters. The highest BCUT2D eigenvalue weighted by molar-refractivity contribution is 5.80. The maximum absolute atomic E-state index is 12.0. The molecule has 1 heterocycles. The third-order valence-corrected chi connectivity index (χ3v) is 4.88. The average Bonchev–Trinajstić information content (AvgIpc) is 3.12. The lowest BCUT2D eigenvalue weighted by Gasteiger charge is -2.07. The molecule has 0 saturated carbocycles. The quantitative estimate of drug-likeness (QED) is 0.262. The number of non-ortho nitro benzene ring substituents is 1. The summed E-state index contributed by atoms with van der Waals surface area (Å²) in [6.45, 7) is 0.170. The highest BCUT2D eigenvalue weighted by Crippen LogP contribution is 2.20. The Kier molecular flexibility index (Phi) is 7.79. The van der Waals surface area contributed by atoms with E-state index in [1.165, 1.54) is 22.8 Å². The summed E-state index contributed by atoms with van der Waals surface area (Å²) < 4.78 is 16.4. The zero-order chi connectivity index (χ0) is 23.8. The number of aromatic nitrogens is 1. The number of methoxy groups -OCH3 is 1. The molecule has 0 saturated heterocycles. The van der Waals surface area contributed by atoms with Crippen LogP contribution in [0.2, 0.25) is 0 Å². The van der Waals surface area contributed by atoms with Crippen molar-refractivity contribution in [3.8, 4) is 5.75 Å². The number of carbonyl (C=O) groups is 2. The van der Waals surface area contributed by atoms with E-state index in [1.807, 2.05) is 24.3 Å². The number of nitro benzene ring substituents is 1. The van der Waals surface area contributed by atoms with E-state index in [4.69, 9.17) is 13.9 Å². The maximum Gasteiger partial charge on any atom is 0.419 e. The van der Waals surface area contributed by atoms with Gasteiger partial charge in [-0.3, -0.25) is 24.3 Å². The number of oxazole rings is 1. The maximum atomic E-state index is 12.0. The van der Waals surface area contributed by atoms with Gasteiger partial charge >= 0.3 is 11.7 Å². The molecule has 0 spiro atoms. The first-order valence-electron chi connectivity index (χ1n) is 10.2. The fraction of sp³-hybridized carbons (Fsp3) is 0.318. The molecule has 0 radical (unpaired) electrons. The summed E-state index contributed by atoms with van der Waals surface area (Å²) >= 11 is 0. The molecule has 0 aliphatic heterocycles. The molecule has 1 amide bonds. The molecule has 3 aromatic rings. The fourth-order valence-corrected chi connectivity index (χ4v) is 3.17. The number of hydrogen-bond acceptors (Lipinski definition) is 8. The number of nitrogens with one attached hydrogen (secondary N) is 1. The van der Waals surface area contributed by atoms with E-state index < -0.39 is 22.6 Å². The van der Waals surface area contributed by atoms with Crippen molar-refractivity contribution in [3.63, 3.8) is 0 Å². The molecule has 11 heteroatoms. The van der Waals surface area contributed by atoms with Crippen LogP contribution >= 0.6 is 0 Å². The van der Waals surface area contributed by atoms with Crippen LogP contribution in [-0.2, 0) is 27.3 Å². The number of aryl methyl sites for hydroxylation is 1. The van der Waals surface area contributed by atoms with Crippen LogP contribution < -0.4 is 15.8 Å². The summed E-state index contributed by atoms with van der Waals surface area (Å²) in [6, 6.07) is 11.4. The fourth-order valence-electron chi connectivity index (χ4n) is 3.17. The van der Waals surface area contributed by atoms with E-state index in [1.54, 1.807) is 7.11 Å². The predicted octanol–water partition coefficient (Wildman–Crippen LogP) is 2.19. The average molecular weight is 457 g/mol. The van der Waals surface area contributed by atoms with Gasteiger partial charge in [-0.1, -0.05) is 12.1 Å². The highest BCUT2D eigenvalue weighted by Gasteiger charge is 2.15. The van der Waals surface area contributed by atoms with Gasteiger partial charge in [-0.05, 0) is 36.6 Å². The van der Waals surface area contributed by atoms with E-state index in [-0.39, 0.29) is 37.3 Å². The molecule has 174 valence electrons. The van der Waals surface area contributed by atoms with Crippen molar-refractivity contribution in [2.75, 3.05) is 20.3 Å². The summed E-state index contributed by atoms with van der Waals surface area (Å²) in [5.74, 6) is -0.896. The van der Waals surface area contributed by atoms with Gasteiger partial charge in [-0.15, -0.1) is 0 Å². The van der Waals surface area contributed by atoms with Crippen molar-refractivity contribution in [2.45, 2.75) is 25.8 Å². The Labute approximate surface area is 188 Å². The molecule has 0 aliphatic rings. The monoisotopic (exact) mass is 457 g/mol. The molecule has 2 aromatic carbocycles. The van der Waals surface area contributed by atoms with Gasteiger partial charge in [0.15, 0.2) is 12.2 Å². The molecule has 3 rings (SSSR count). The molecule has 0 aliphatic carbocycles. The molecule has 1 N–H and O–H groups in total. The molecule has 0 bridgehead atoms. The minimum absolute atomic E-state index is 0.00871. The summed E-state index contributed by atoms with van der Waals surface area (Å²) in [4.78, 5) is 46.0. The van der Waals surface area contributed by atoms with Crippen molar-refractivity contribution in [1.82, 2.24) is 9.88 Å². The third kappa shape index (κ3) is 6.42. The summed E-state index contributed by atoms with van der Waals surface area (Å²) in [6.07, 6.45) is 0.884. The molecular weight excluding hydrogens is 434 g/mol. The summed E-state index contributed by atoms with van der Waals surface area (Å²) in [5.41, 5.74) is 1.34. The minimum Gasteiger partial charge on any atom is -0.497 e. The van der Waals surface area contributed by atoms with Gasteiger partial charge in [0, 0.05) is 25.6 Å². The van der Waals surface area contributed by atoms with Crippen LogP contribution in [0, 0.1) is 10.1 Å². The number of benzene rings is 2. The lowest BCUT2D eigenvalue weighted by atomic mass is 10.1. The highest BCUT2D eigenvalue weighted by atomic mass is 16.6. The van der Waals surface area contributed by atoms with E-state index in [0.717, 1.165) is 11.3 Å². The minimum atomic E-state index is -0.671. The second kappa shape index (κ2) is 10.9. The van der Waals surface area contributed by atoms with Gasteiger partial charge in [-0.2, -0.15) is 0 Å². The smallest absolute Gasteiger partial charge is 0.419 e. The number of ether oxygens (including phenoxy) is 2. The van der Waals surface area contributed by atoms with Crippen LogP contribution in [0.5, 0.6) is 5.75 Å². The Hall–Kier alpha value is -4.15. The molecule has 33 heavy (non-hydrogen) atoms. The Bertz CT molecular complexity index is 1200. The summed E-state index contributed by atoms with van der Waals surface area (Å²) in [7, 11) is 1.59. The molecular formula is C22H23N3O8. The number of esters is 1. The number of amides is 1. The number of nitrogens with zero attached hydrogens (tertiary/aromatic N) is 2. The SMILES string of the molecule is COc1ccc(CCNC(=O)COC(=O)CCCn2c(=O)oc3cc([N+](=O)[O-])ccc32)cc1. The van der Waals surface area contributed by atoms with Gasteiger partial charge in [0.05, 0.1) is 23.6 Å². The van der Waals surface area contributed by atoms with Gasteiger partial charge in [0.2, 0.25) is 0 Å². The van der Waals surface area contributed by atoms with Gasteiger partial charge in [-0.25, -0.2) is 4.79 Å². The van der Waals surface area contributed by atoms with Crippen molar-refractivity contribution < 1.29 is 28.4 Å². The topological polar surface area (TPSA) is 143 Å². The molecule has 11 nitrogen and oxygen atoms in total. The Morgan fingerprint density at radius 2 is 1.94 bits per heavy atom. The number of nitro groups is 1. The first kappa shape index (κ1) is 23.5. The van der Waals surface area contributed by atoms with E-state index in [9.17, 15) is 24.5 Å². The van der Waals surface area contributed by atoms with Crippen LogP contribution in [0.15, 0.2) is 51.7 Å². The van der Waals surface area contributed by atoms with Crippen LogP contribution in [0.25, 0.3) is 11.1 Å². The molecule has 0 fully saturated rings. The number of fused-ring (bicyclic) bond motifs is 1. The standard InChI is InChI=1S/C22H23N3O8/c1-31-17-7-4-15(5-8-17)10-11-23-20(26)14-32-21(27)3-2-12-24-18-9-6-16(25(29)30)13-19(18)33-22(24)28/h4-9,13H,2-3,10-12,14H2,1H3,(H,23,26). The number of hydrogen-bond donors (Lipinski definition) is 1. The van der Waals surface area contributed by atoms with Crippen molar-refractivity contribution in [3.05, 3.63) is 68.7 Å². The number of carbonyl (C=O) groups excluding carboxylic acids is 2. The van der Waals surface area contributed by atoms with Crippen LogP contribution in [-0.4, -0.2) is 41.6 Å². The normalized spacial score (nSPS) is 10.7. The van der Waals surface area contributed by atoms with Crippen molar-refractivity contribution >= 4 is 28.7 Å². The second-order valence-electron chi connectivity index (χ2n) is 7.14. The van der Waals surface area contributed by atoms with E-state index in [0.29, 0.717) is 18.5 Å². The zero-order valence-electron chi connectivity index (χ0n) is 17.9. The molecule has 1 aromatic heterocycles. The van der Waals surface area contributed by atoms with Crippen LogP contribution in [0.3, 0.4) is 0 Å². The van der Waals surface area contributed by atoms with Crippen LogP contribution in [0.1, 0.15) is 18.4 Å². The van der Waals surface area contributed by atoms with Gasteiger partial charge < -0.3 is 19.2 Å². The first-order chi connectivity index (χ1) is 15.9. The second-order valence-corrected chi connectivity index (χ2v) is 7.14. The van der Waals surface area contributed by atoms with Gasteiger partial charge in [0.25, 0.3) is 11.6 Å². The lowest BCUT2D eigenvalue weighted by molar-refractivity contribution is -0.384. The van der Waals surface area contributed by atoms with Gasteiger partial charge in [0.1, 0.15) is 5.75 Å². The Balaban J connectivity index is 1.38. The number of rotatable bonds is 11. The van der Waals surface area contributed by atoms with Crippen molar-refractivity contribution in [2.24, 2.45) is 0 Å².